The standard InChI is InChI=1S/C29H39N3O7/c1-4-26(35)30-17-24(31-28(37)20(2)14-23(33)18-32-10-12-38-13-11-32)25(34)16-22(27(36)29(3)19-39-29)15-21-8-6-5-7-9-21/h4-9,20,22,24H,1,10-19H2,2-3H3,(H,30,35)(H,31,37). The van der Waals surface area contributed by atoms with Crippen LogP contribution in [0.2, 0.25) is 0 Å². The Balaban J connectivity index is 1.66. The minimum Gasteiger partial charge on any atom is -0.379 e. The molecule has 2 aliphatic rings. The molecule has 0 aliphatic carbocycles. The van der Waals surface area contributed by atoms with Gasteiger partial charge in [-0.2, -0.15) is 0 Å². The van der Waals surface area contributed by atoms with Crippen LogP contribution in [-0.4, -0.2) is 91.7 Å². The van der Waals surface area contributed by atoms with Gasteiger partial charge in [-0.25, -0.2) is 0 Å². The SMILES string of the molecule is C=CC(=O)NCC(NC(=O)C(C)CC(=O)CN1CCOCC1)C(=O)CC(Cc1ccccc1)C(=O)C1(C)CO1. The number of hydrogen-bond acceptors (Lipinski definition) is 8. The van der Waals surface area contributed by atoms with E-state index in [-0.39, 0.29) is 37.5 Å². The molecular weight excluding hydrogens is 502 g/mol. The highest BCUT2D eigenvalue weighted by Gasteiger charge is 2.50. The van der Waals surface area contributed by atoms with E-state index in [2.05, 4.69) is 17.2 Å². The third kappa shape index (κ3) is 9.49. The first-order valence-electron chi connectivity index (χ1n) is 13.4. The quantitative estimate of drug-likeness (QED) is 0.233. The van der Waals surface area contributed by atoms with Crippen LogP contribution in [0.1, 0.15) is 32.3 Å². The van der Waals surface area contributed by atoms with E-state index in [0.29, 0.717) is 39.3 Å². The van der Waals surface area contributed by atoms with E-state index in [0.717, 1.165) is 11.6 Å². The Morgan fingerprint density at radius 2 is 1.77 bits per heavy atom. The molecule has 0 aromatic heterocycles. The molecule has 0 radical (unpaired) electrons. The molecule has 2 N–H and O–H groups in total. The topological polar surface area (TPSA) is 134 Å². The van der Waals surface area contributed by atoms with Crippen LogP contribution in [0.4, 0.5) is 0 Å². The molecule has 0 saturated carbocycles. The highest BCUT2D eigenvalue weighted by atomic mass is 16.6. The number of benzene rings is 1. The molecule has 1 aromatic carbocycles. The molecule has 39 heavy (non-hydrogen) atoms. The summed E-state index contributed by atoms with van der Waals surface area (Å²) in [6, 6.07) is 8.31. The van der Waals surface area contributed by atoms with Crippen LogP contribution in [0.15, 0.2) is 43.0 Å². The maximum absolute atomic E-state index is 13.5. The number of Topliss-reactive ketones (excluding diaryl/α,β-unsaturated/α-hetero) is 3. The summed E-state index contributed by atoms with van der Waals surface area (Å²) in [7, 11) is 0. The van der Waals surface area contributed by atoms with Crippen molar-refractivity contribution in [2.24, 2.45) is 11.8 Å². The van der Waals surface area contributed by atoms with E-state index in [4.69, 9.17) is 9.47 Å². The molecule has 2 heterocycles. The Morgan fingerprint density at radius 3 is 2.38 bits per heavy atom. The van der Waals surface area contributed by atoms with E-state index in [1.807, 2.05) is 35.2 Å². The van der Waals surface area contributed by atoms with Gasteiger partial charge in [0.05, 0.1) is 26.4 Å². The lowest BCUT2D eigenvalue weighted by atomic mass is 9.84. The highest BCUT2D eigenvalue weighted by molar-refractivity contribution is 5.98. The summed E-state index contributed by atoms with van der Waals surface area (Å²) in [5.74, 6) is -2.93. The van der Waals surface area contributed by atoms with Gasteiger partial charge in [0, 0.05) is 44.3 Å². The Kier molecular flexibility index (Phi) is 11.1. The number of ether oxygens (including phenoxy) is 2. The summed E-state index contributed by atoms with van der Waals surface area (Å²) < 4.78 is 10.7. The van der Waals surface area contributed by atoms with Gasteiger partial charge < -0.3 is 20.1 Å². The predicted molar refractivity (Wildman–Crippen MR) is 144 cm³/mol. The number of nitrogens with zero attached hydrogens (tertiary/aromatic N) is 1. The molecule has 2 amide bonds. The van der Waals surface area contributed by atoms with Crippen molar-refractivity contribution in [2.75, 3.05) is 46.0 Å². The van der Waals surface area contributed by atoms with Crippen molar-refractivity contribution >= 4 is 29.2 Å². The number of amides is 2. The van der Waals surface area contributed by atoms with Crippen molar-refractivity contribution in [3.63, 3.8) is 0 Å². The van der Waals surface area contributed by atoms with Gasteiger partial charge >= 0.3 is 0 Å². The zero-order chi connectivity index (χ0) is 28.4. The van der Waals surface area contributed by atoms with Gasteiger partial charge in [-0.1, -0.05) is 43.8 Å². The lowest BCUT2D eigenvalue weighted by Gasteiger charge is -2.26. The van der Waals surface area contributed by atoms with Crippen molar-refractivity contribution < 1.29 is 33.4 Å². The second kappa shape index (κ2) is 14.3. The number of carbonyl (C=O) groups is 5. The average molecular weight is 542 g/mol. The fraction of sp³-hybridized carbons (Fsp3) is 0.552. The number of epoxide rings is 1. The summed E-state index contributed by atoms with van der Waals surface area (Å²) in [6.45, 7) is 9.60. The molecule has 212 valence electrons. The van der Waals surface area contributed by atoms with E-state index in [1.165, 1.54) is 0 Å². The largest absolute Gasteiger partial charge is 0.379 e. The van der Waals surface area contributed by atoms with Gasteiger partial charge in [-0.05, 0) is 25.0 Å². The normalized spacial score (nSPS) is 21.2. The number of morpholine rings is 1. The second-order valence-corrected chi connectivity index (χ2v) is 10.5. The summed E-state index contributed by atoms with van der Waals surface area (Å²) in [6.07, 6.45) is 1.31. The molecule has 10 heteroatoms. The first-order valence-corrected chi connectivity index (χ1v) is 13.4. The van der Waals surface area contributed by atoms with Gasteiger partial charge in [0.25, 0.3) is 0 Å². The molecule has 2 aliphatic heterocycles. The number of ketones is 3. The average Bonchev–Trinajstić information content (AvgIpc) is 3.69. The number of hydrogen-bond donors (Lipinski definition) is 2. The third-order valence-corrected chi connectivity index (χ3v) is 7.10. The molecule has 4 unspecified atom stereocenters. The summed E-state index contributed by atoms with van der Waals surface area (Å²) >= 11 is 0. The Bertz CT molecular complexity index is 1050. The minimum atomic E-state index is -1.07. The van der Waals surface area contributed by atoms with E-state index in [1.54, 1.807) is 13.8 Å². The smallest absolute Gasteiger partial charge is 0.243 e. The zero-order valence-electron chi connectivity index (χ0n) is 22.8. The second-order valence-electron chi connectivity index (χ2n) is 10.5. The first-order chi connectivity index (χ1) is 18.6. The van der Waals surface area contributed by atoms with Crippen molar-refractivity contribution in [2.45, 2.75) is 44.8 Å². The summed E-state index contributed by atoms with van der Waals surface area (Å²) in [5, 5.41) is 5.26. The van der Waals surface area contributed by atoms with E-state index in [9.17, 15) is 24.0 Å². The maximum atomic E-state index is 13.5. The highest BCUT2D eigenvalue weighted by Crippen LogP contribution is 2.32. The van der Waals surface area contributed by atoms with Crippen molar-refractivity contribution in [3.8, 4) is 0 Å². The van der Waals surface area contributed by atoms with Gasteiger partial charge in [-0.3, -0.25) is 28.9 Å². The zero-order valence-corrected chi connectivity index (χ0v) is 22.8. The third-order valence-electron chi connectivity index (χ3n) is 7.10. The Hall–Kier alpha value is -3.21. The molecule has 10 nitrogen and oxygen atoms in total. The maximum Gasteiger partial charge on any atom is 0.243 e. The van der Waals surface area contributed by atoms with Gasteiger partial charge in [-0.15, -0.1) is 0 Å². The monoisotopic (exact) mass is 541 g/mol. The predicted octanol–water partition coefficient (Wildman–Crippen LogP) is 0.877. The molecule has 3 rings (SSSR count). The van der Waals surface area contributed by atoms with E-state index < -0.39 is 41.1 Å². The molecule has 1 aromatic rings. The van der Waals surface area contributed by atoms with Crippen LogP contribution in [-0.2, 0) is 39.9 Å². The van der Waals surface area contributed by atoms with Crippen LogP contribution in [0, 0.1) is 11.8 Å². The number of carbonyl (C=O) groups excluding carboxylic acids is 5. The molecular formula is C29H39N3O7. The summed E-state index contributed by atoms with van der Waals surface area (Å²) in [4.78, 5) is 66.1. The van der Waals surface area contributed by atoms with Crippen LogP contribution < -0.4 is 10.6 Å². The van der Waals surface area contributed by atoms with Crippen molar-refractivity contribution in [3.05, 3.63) is 48.6 Å². The van der Waals surface area contributed by atoms with Crippen LogP contribution >= 0.6 is 0 Å². The van der Waals surface area contributed by atoms with Gasteiger partial charge in [0.2, 0.25) is 11.8 Å². The van der Waals surface area contributed by atoms with E-state index >= 15 is 0 Å². The fourth-order valence-corrected chi connectivity index (χ4v) is 4.57. The first kappa shape index (κ1) is 30.3. The van der Waals surface area contributed by atoms with Crippen LogP contribution in [0.3, 0.4) is 0 Å². The number of nitrogens with one attached hydrogen (secondary N) is 2. The van der Waals surface area contributed by atoms with Crippen LogP contribution in [0.5, 0.6) is 0 Å². The van der Waals surface area contributed by atoms with Gasteiger partial charge in [0.15, 0.2) is 11.6 Å². The molecule has 0 spiro atoms. The molecule has 0 bridgehead atoms. The minimum absolute atomic E-state index is 0.0218. The Labute approximate surface area is 229 Å². The fourth-order valence-electron chi connectivity index (χ4n) is 4.57. The molecule has 2 saturated heterocycles. The van der Waals surface area contributed by atoms with Gasteiger partial charge in [0.1, 0.15) is 17.4 Å². The summed E-state index contributed by atoms with van der Waals surface area (Å²) in [5.41, 5.74) is -0.00826. The van der Waals surface area contributed by atoms with Crippen molar-refractivity contribution in [1.82, 2.24) is 15.5 Å². The van der Waals surface area contributed by atoms with Crippen molar-refractivity contribution in [1.29, 1.82) is 0 Å². The lowest BCUT2D eigenvalue weighted by molar-refractivity contribution is -0.134. The van der Waals surface area contributed by atoms with Crippen LogP contribution in [0.25, 0.3) is 0 Å². The number of rotatable bonds is 16. The lowest BCUT2D eigenvalue weighted by Crippen LogP contribution is -2.51. The molecule has 2 fully saturated rings. The molecule has 4 atom stereocenters. The Morgan fingerprint density at radius 1 is 1.10 bits per heavy atom.